The summed E-state index contributed by atoms with van der Waals surface area (Å²) >= 11 is 0. The Labute approximate surface area is 129 Å². The molecule has 0 aliphatic carbocycles. The van der Waals surface area contributed by atoms with Gasteiger partial charge in [0.2, 0.25) is 5.91 Å². The van der Waals surface area contributed by atoms with E-state index in [-0.39, 0.29) is 12.3 Å². The fraction of sp³-hybridized carbons (Fsp3) is 0.125. The number of halogens is 3. The molecular weight excluding hydrogens is 307 g/mol. The molecule has 3 aromatic rings. The Morgan fingerprint density at radius 2 is 1.87 bits per heavy atom. The largest absolute Gasteiger partial charge is 0.416 e. The number of carbonyl (C=O) groups is 1. The number of nitrogens with zero attached hydrogens (tertiary/aromatic N) is 1. The highest BCUT2D eigenvalue weighted by molar-refractivity contribution is 5.92. The van der Waals surface area contributed by atoms with Crippen molar-refractivity contribution in [1.29, 1.82) is 0 Å². The van der Waals surface area contributed by atoms with Gasteiger partial charge in [0.25, 0.3) is 0 Å². The number of fused-ring (bicyclic) bond motifs is 1. The number of anilines is 1. The van der Waals surface area contributed by atoms with Gasteiger partial charge in [-0.05, 0) is 42.0 Å². The van der Waals surface area contributed by atoms with Crippen molar-refractivity contribution in [2.24, 2.45) is 0 Å². The second kappa shape index (κ2) is 5.75. The Morgan fingerprint density at radius 3 is 2.57 bits per heavy atom. The number of hydrogen-bond acceptors (Lipinski definition) is 2. The van der Waals surface area contributed by atoms with Crippen LogP contribution in [-0.2, 0) is 17.4 Å². The number of carbonyl (C=O) groups excluding carboxylic acids is 1. The zero-order chi connectivity index (χ0) is 16.4. The molecule has 2 N–H and O–H groups in total. The number of imidazole rings is 1. The second-order valence-electron chi connectivity index (χ2n) is 5.05. The molecule has 1 aromatic heterocycles. The first-order chi connectivity index (χ1) is 10.9. The fourth-order valence-corrected chi connectivity index (χ4v) is 2.23. The first-order valence-corrected chi connectivity index (χ1v) is 6.81. The Morgan fingerprint density at radius 1 is 1.13 bits per heavy atom. The Balaban J connectivity index is 1.66. The third-order valence-electron chi connectivity index (χ3n) is 3.35. The van der Waals surface area contributed by atoms with Crippen LogP contribution in [0.25, 0.3) is 11.0 Å². The lowest BCUT2D eigenvalue weighted by molar-refractivity contribution is -0.137. The SMILES string of the molecule is O=C(Cc1ccc2nc[nH]c2c1)Nc1ccc(C(F)(F)F)cc1. The van der Waals surface area contributed by atoms with Gasteiger partial charge in [0.15, 0.2) is 0 Å². The zero-order valence-electron chi connectivity index (χ0n) is 11.8. The van der Waals surface area contributed by atoms with Crippen LogP contribution in [-0.4, -0.2) is 15.9 Å². The number of nitrogens with one attached hydrogen (secondary N) is 2. The molecule has 118 valence electrons. The van der Waals surface area contributed by atoms with Crippen LogP contribution >= 0.6 is 0 Å². The first kappa shape index (κ1) is 15.1. The van der Waals surface area contributed by atoms with Crippen molar-refractivity contribution in [2.75, 3.05) is 5.32 Å². The maximum atomic E-state index is 12.5. The summed E-state index contributed by atoms with van der Waals surface area (Å²) in [6.07, 6.45) is -2.70. The quantitative estimate of drug-likeness (QED) is 0.772. The summed E-state index contributed by atoms with van der Waals surface area (Å²) in [5.74, 6) is -0.302. The van der Waals surface area contributed by atoms with Crippen LogP contribution in [0.1, 0.15) is 11.1 Å². The van der Waals surface area contributed by atoms with Gasteiger partial charge in [-0.25, -0.2) is 4.98 Å². The lowest BCUT2D eigenvalue weighted by Crippen LogP contribution is -2.14. The van der Waals surface area contributed by atoms with E-state index >= 15 is 0 Å². The van der Waals surface area contributed by atoms with E-state index in [9.17, 15) is 18.0 Å². The number of aromatic nitrogens is 2. The summed E-state index contributed by atoms with van der Waals surface area (Å²) in [6.45, 7) is 0. The molecule has 3 rings (SSSR count). The van der Waals surface area contributed by atoms with Crippen LogP contribution in [0.3, 0.4) is 0 Å². The Bertz CT molecular complexity index is 838. The molecule has 1 amide bonds. The minimum Gasteiger partial charge on any atom is -0.345 e. The van der Waals surface area contributed by atoms with Crippen LogP contribution in [0.5, 0.6) is 0 Å². The molecule has 1 heterocycles. The van der Waals surface area contributed by atoms with E-state index in [4.69, 9.17) is 0 Å². The third-order valence-corrected chi connectivity index (χ3v) is 3.35. The van der Waals surface area contributed by atoms with E-state index in [2.05, 4.69) is 15.3 Å². The van der Waals surface area contributed by atoms with Crippen molar-refractivity contribution in [3.8, 4) is 0 Å². The lowest BCUT2D eigenvalue weighted by atomic mass is 10.1. The molecule has 0 spiro atoms. The number of alkyl halides is 3. The smallest absolute Gasteiger partial charge is 0.345 e. The molecule has 0 unspecified atom stereocenters. The molecule has 2 aromatic carbocycles. The fourth-order valence-electron chi connectivity index (χ4n) is 2.23. The van der Waals surface area contributed by atoms with Gasteiger partial charge in [-0.3, -0.25) is 4.79 Å². The molecule has 0 radical (unpaired) electrons. The number of rotatable bonds is 3. The molecule has 4 nitrogen and oxygen atoms in total. The molecular formula is C16H12F3N3O. The van der Waals surface area contributed by atoms with Crippen LogP contribution in [0, 0.1) is 0 Å². The van der Waals surface area contributed by atoms with Gasteiger partial charge in [0, 0.05) is 5.69 Å². The summed E-state index contributed by atoms with van der Waals surface area (Å²) in [6, 6.07) is 9.74. The van der Waals surface area contributed by atoms with Crippen molar-refractivity contribution in [3.05, 3.63) is 59.9 Å². The zero-order valence-corrected chi connectivity index (χ0v) is 11.8. The molecule has 0 fully saturated rings. The van der Waals surface area contributed by atoms with Gasteiger partial charge in [-0.15, -0.1) is 0 Å². The van der Waals surface area contributed by atoms with Gasteiger partial charge in [-0.1, -0.05) is 6.07 Å². The summed E-state index contributed by atoms with van der Waals surface area (Å²) in [7, 11) is 0. The molecule has 0 bridgehead atoms. The minimum atomic E-state index is -4.39. The van der Waals surface area contributed by atoms with Crippen molar-refractivity contribution in [1.82, 2.24) is 9.97 Å². The number of H-pyrrole nitrogens is 1. The summed E-state index contributed by atoms with van der Waals surface area (Å²) in [4.78, 5) is 19.0. The maximum absolute atomic E-state index is 12.5. The number of amides is 1. The van der Waals surface area contributed by atoms with E-state index in [0.29, 0.717) is 5.69 Å². The highest BCUT2D eigenvalue weighted by atomic mass is 19.4. The highest BCUT2D eigenvalue weighted by Gasteiger charge is 2.29. The van der Waals surface area contributed by atoms with Crippen molar-refractivity contribution < 1.29 is 18.0 Å². The van der Waals surface area contributed by atoms with Crippen molar-refractivity contribution in [3.63, 3.8) is 0 Å². The predicted octanol–water partition coefficient (Wildman–Crippen LogP) is 3.76. The second-order valence-corrected chi connectivity index (χ2v) is 5.05. The average molecular weight is 319 g/mol. The maximum Gasteiger partial charge on any atom is 0.416 e. The van der Waals surface area contributed by atoms with Gasteiger partial charge < -0.3 is 10.3 Å². The highest BCUT2D eigenvalue weighted by Crippen LogP contribution is 2.29. The third kappa shape index (κ3) is 3.50. The van der Waals surface area contributed by atoms with Crippen LogP contribution in [0.15, 0.2) is 48.8 Å². The number of benzene rings is 2. The van der Waals surface area contributed by atoms with Gasteiger partial charge in [0.1, 0.15) is 0 Å². The van der Waals surface area contributed by atoms with Crippen molar-refractivity contribution in [2.45, 2.75) is 12.6 Å². The Hall–Kier alpha value is -2.83. The van der Waals surface area contributed by atoms with Crippen LogP contribution < -0.4 is 5.32 Å². The van der Waals surface area contributed by atoms with Gasteiger partial charge >= 0.3 is 6.18 Å². The van der Waals surface area contributed by atoms with Gasteiger partial charge in [-0.2, -0.15) is 13.2 Å². The van der Waals surface area contributed by atoms with E-state index in [1.54, 1.807) is 18.5 Å². The normalized spacial score (nSPS) is 11.6. The first-order valence-electron chi connectivity index (χ1n) is 6.81. The molecule has 0 saturated carbocycles. The van der Waals surface area contributed by atoms with Crippen molar-refractivity contribution >= 4 is 22.6 Å². The topological polar surface area (TPSA) is 57.8 Å². The van der Waals surface area contributed by atoms with E-state index in [1.165, 1.54) is 12.1 Å². The van der Waals surface area contributed by atoms with Gasteiger partial charge in [0.05, 0.1) is 29.3 Å². The number of aromatic amines is 1. The molecule has 0 aliphatic heterocycles. The monoisotopic (exact) mass is 319 g/mol. The average Bonchev–Trinajstić information content (AvgIpc) is 2.94. The van der Waals surface area contributed by atoms with Crippen LogP contribution in [0.4, 0.5) is 18.9 Å². The molecule has 23 heavy (non-hydrogen) atoms. The summed E-state index contributed by atoms with van der Waals surface area (Å²) < 4.78 is 37.4. The standard InChI is InChI=1S/C16H12F3N3O/c17-16(18,19)11-2-4-12(5-3-11)22-15(23)8-10-1-6-13-14(7-10)21-9-20-13/h1-7,9H,8H2,(H,20,21)(H,22,23). The van der Waals surface area contributed by atoms with E-state index in [0.717, 1.165) is 28.7 Å². The lowest BCUT2D eigenvalue weighted by Gasteiger charge is -2.09. The van der Waals surface area contributed by atoms with E-state index in [1.807, 2.05) is 6.07 Å². The molecule has 0 aliphatic rings. The molecule has 0 saturated heterocycles. The minimum absolute atomic E-state index is 0.121. The molecule has 0 atom stereocenters. The predicted molar refractivity (Wildman–Crippen MR) is 79.9 cm³/mol. The van der Waals surface area contributed by atoms with Crippen LogP contribution in [0.2, 0.25) is 0 Å². The Kier molecular flexibility index (Phi) is 3.77. The summed E-state index contributed by atoms with van der Waals surface area (Å²) in [5, 5.41) is 2.58. The number of hydrogen-bond donors (Lipinski definition) is 2. The van der Waals surface area contributed by atoms with E-state index < -0.39 is 11.7 Å². The summed E-state index contributed by atoms with van der Waals surface area (Å²) in [5.41, 5.74) is 1.98. The molecule has 7 heteroatoms.